The Morgan fingerprint density at radius 2 is 1.72 bits per heavy atom. The van der Waals surface area contributed by atoms with E-state index in [9.17, 15) is 0 Å². The fourth-order valence-electron chi connectivity index (χ4n) is 1.24. The zero-order chi connectivity index (χ0) is 13.0. The highest BCUT2D eigenvalue weighted by Gasteiger charge is 2.06. The summed E-state index contributed by atoms with van der Waals surface area (Å²) in [7, 11) is 3.83. The van der Waals surface area contributed by atoms with Crippen molar-refractivity contribution in [2.75, 3.05) is 11.5 Å². The van der Waals surface area contributed by atoms with Crippen LogP contribution in [0.15, 0.2) is 10.3 Å². The lowest BCUT2D eigenvalue weighted by atomic mass is 10.6. The largest absolute Gasteiger partial charge is 0.309 e. The van der Waals surface area contributed by atoms with Crippen LogP contribution in [-0.2, 0) is 14.1 Å². The highest BCUT2D eigenvalue weighted by atomic mass is 32.2. The minimum atomic E-state index is 0.856. The zero-order valence-electron chi connectivity index (χ0n) is 10.6. The van der Waals surface area contributed by atoms with Crippen molar-refractivity contribution in [3.63, 3.8) is 0 Å². The highest BCUT2D eigenvalue weighted by molar-refractivity contribution is 8.00. The molecule has 0 unspecified atom stereocenters. The number of tetrazole rings is 1. The second kappa shape index (κ2) is 6.19. The van der Waals surface area contributed by atoms with Gasteiger partial charge in [-0.3, -0.25) is 0 Å². The Morgan fingerprint density at radius 1 is 1.00 bits per heavy atom. The summed E-state index contributed by atoms with van der Waals surface area (Å²) in [6.45, 7) is 1.95. The molecule has 18 heavy (non-hydrogen) atoms. The van der Waals surface area contributed by atoms with Crippen molar-refractivity contribution in [1.29, 1.82) is 0 Å². The van der Waals surface area contributed by atoms with Crippen molar-refractivity contribution in [3.8, 4) is 0 Å². The summed E-state index contributed by atoms with van der Waals surface area (Å²) < 4.78 is 3.69. The molecule has 0 saturated carbocycles. The smallest absolute Gasteiger partial charge is 0.209 e. The molecule has 2 aromatic rings. The van der Waals surface area contributed by atoms with E-state index in [1.807, 2.05) is 25.6 Å². The first-order valence-corrected chi connectivity index (χ1v) is 7.49. The van der Waals surface area contributed by atoms with Gasteiger partial charge in [0, 0.05) is 25.6 Å². The fraction of sp³-hybridized carbons (Fsp3) is 0.667. The molecule has 0 spiro atoms. The normalized spacial score (nSPS) is 11.1. The Labute approximate surface area is 114 Å². The lowest BCUT2D eigenvalue weighted by Crippen LogP contribution is -1.96. The molecule has 0 aliphatic carbocycles. The van der Waals surface area contributed by atoms with E-state index in [1.54, 1.807) is 28.2 Å². The molecule has 9 heteroatoms. The first kappa shape index (κ1) is 13.3. The molecular weight excluding hydrogens is 270 g/mol. The van der Waals surface area contributed by atoms with Crippen LogP contribution in [0.5, 0.6) is 0 Å². The first-order chi connectivity index (χ1) is 8.68. The van der Waals surface area contributed by atoms with E-state index < -0.39 is 0 Å². The van der Waals surface area contributed by atoms with Gasteiger partial charge in [-0.15, -0.1) is 15.3 Å². The number of aromatic nitrogens is 7. The number of aryl methyl sites for hydroxylation is 2. The summed E-state index contributed by atoms with van der Waals surface area (Å²) in [5.74, 6) is 2.96. The third-order valence-corrected chi connectivity index (χ3v) is 4.59. The van der Waals surface area contributed by atoms with Crippen LogP contribution in [0.25, 0.3) is 0 Å². The molecule has 0 N–H and O–H groups in total. The molecule has 0 aromatic carbocycles. The molecular formula is C9H15N7S2. The van der Waals surface area contributed by atoms with Gasteiger partial charge in [-0.1, -0.05) is 23.5 Å². The van der Waals surface area contributed by atoms with E-state index in [1.165, 1.54) is 0 Å². The maximum absolute atomic E-state index is 4.11. The SMILES string of the molecule is Cc1nnc(SCCCSc2nnnn2C)n1C. The average molecular weight is 285 g/mol. The Bertz CT molecular complexity index is 507. The minimum absolute atomic E-state index is 0.856. The van der Waals surface area contributed by atoms with Gasteiger partial charge in [-0.25, -0.2) is 4.68 Å². The standard InChI is InChI=1S/C9H15N7S2/c1-7-10-11-8(15(7)2)17-5-4-6-18-9-12-13-14-16(9)3/h4-6H2,1-3H3. The summed E-state index contributed by atoms with van der Waals surface area (Å²) in [6.07, 6.45) is 1.08. The fourth-order valence-corrected chi connectivity index (χ4v) is 3.11. The second-order valence-corrected chi connectivity index (χ2v) is 5.85. The average Bonchev–Trinajstić information content (AvgIpc) is 2.89. The van der Waals surface area contributed by atoms with Crippen LogP contribution in [0.1, 0.15) is 12.2 Å². The maximum Gasteiger partial charge on any atom is 0.209 e. The van der Waals surface area contributed by atoms with Crippen molar-refractivity contribution in [2.45, 2.75) is 23.7 Å². The van der Waals surface area contributed by atoms with Crippen LogP contribution in [0, 0.1) is 6.92 Å². The van der Waals surface area contributed by atoms with Gasteiger partial charge >= 0.3 is 0 Å². The van der Waals surface area contributed by atoms with Gasteiger partial charge in [0.15, 0.2) is 5.16 Å². The van der Waals surface area contributed by atoms with E-state index in [4.69, 9.17) is 0 Å². The van der Waals surface area contributed by atoms with Gasteiger partial charge < -0.3 is 4.57 Å². The Kier molecular flexibility index (Phi) is 4.59. The van der Waals surface area contributed by atoms with Crippen LogP contribution in [-0.4, -0.2) is 46.5 Å². The van der Waals surface area contributed by atoms with Crippen molar-refractivity contribution in [1.82, 2.24) is 35.0 Å². The van der Waals surface area contributed by atoms with E-state index >= 15 is 0 Å². The van der Waals surface area contributed by atoms with Gasteiger partial charge in [0.2, 0.25) is 5.16 Å². The molecule has 0 saturated heterocycles. The predicted molar refractivity (Wildman–Crippen MR) is 70.6 cm³/mol. The first-order valence-electron chi connectivity index (χ1n) is 5.52. The lowest BCUT2D eigenvalue weighted by Gasteiger charge is -2.01. The Hall–Kier alpha value is -1.09. The summed E-state index contributed by atoms with van der Waals surface area (Å²) in [4.78, 5) is 0. The van der Waals surface area contributed by atoms with E-state index in [-0.39, 0.29) is 0 Å². The summed E-state index contributed by atoms with van der Waals surface area (Å²) >= 11 is 3.40. The van der Waals surface area contributed by atoms with Crippen LogP contribution >= 0.6 is 23.5 Å². The second-order valence-electron chi connectivity index (χ2n) is 3.72. The molecule has 0 amide bonds. The molecule has 7 nitrogen and oxygen atoms in total. The van der Waals surface area contributed by atoms with Crippen LogP contribution < -0.4 is 0 Å². The molecule has 2 rings (SSSR count). The third-order valence-electron chi connectivity index (χ3n) is 2.38. The van der Waals surface area contributed by atoms with Crippen LogP contribution in [0.3, 0.4) is 0 Å². The van der Waals surface area contributed by atoms with Gasteiger partial charge in [0.1, 0.15) is 5.82 Å². The summed E-state index contributed by atoms with van der Waals surface area (Å²) in [6, 6.07) is 0. The number of hydrogen-bond donors (Lipinski definition) is 0. The maximum atomic E-state index is 4.11. The quantitative estimate of drug-likeness (QED) is 0.577. The Balaban J connectivity index is 1.68. The van der Waals surface area contributed by atoms with E-state index in [0.717, 1.165) is 34.1 Å². The molecule has 2 heterocycles. The minimum Gasteiger partial charge on any atom is -0.309 e. The van der Waals surface area contributed by atoms with Gasteiger partial charge in [0.05, 0.1) is 0 Å². The highest BCUT2D eigenvalue weighted by Crippen LogP contribution is 2.19. The number of thioether (sulfide) groups is 2. The molecule has 0 radical (unpaired) electrons. The molecule has 0 aliphatic rings. The van der Waals surface area contributed by atoms with E-state index in [2.05, 4.69) is 25.7 Å². The monoisotopic (exact) mass is 285 g/mol. The number of hydrogen-bond acceptors (Lipinski definition) is 7. The predicted octanol–water partition coefficient (Wildman–Crippen LogP) is 0.922. The molecule has 98 valence electrons. The molecule has 0 atom stereocenters. The zero-order valence-corrected chi connectivity index (χ0v) is 12.2. The summed E-state index contributed by atoms with van der Waals surface area (Å²) in [5, 5.41) is 21.3. The van der Waals surface area contributed by atoms with Gasteiger partial charge in [-0.2, -0.15) is 0 Å². The molecule has 0 aliphatic heterocycles. The van der Waals surface area contributed by atoms with E-state index in [0.29, 0.717) is 0 Å². The van der Waals surface area contributed by atoms with Crippen LogP contribution in [0.2, 0.25) is 0 Å². The van der Waals surface area contributed by atoms with Gasteiger partial charge in [0.25, 0.3) is 0 Å². The summed E-state index contributed by atoms with van der Waals surface area (Å²) in [5.41, 5.74) is 0. The molecule has 2 aromatic heterocycles. The molecule has 0 bridgehead atoms. The van der Waals surface area contributed by atoms with Crippen molar-refractivity contribution in [2.24, 2.45) is 14.1 Å². The number of nitrogens with zero attached hydrogens (tertiary/aromatic N) is 7. The Morgan fingerprint density at radius 3 is 2.28 bits per heavy atom. The van der Waals surface area contributed by atoms with Crippen molar-refractivity contribution in [3.05, 3.63) is 5.82 Å². The molecule has 0 fully saturated rings. The van der Waals surface area contributed by atoms with Crippen molar-refractivity contribution < 1.29 is 0 Å². The van der Waals surface area contributed by atoms with Gasteiger partial charge in [-0.05, 0) is 23.8 Å². The number of rotatable bonds is 6. The topological polar surface area (TPSA) is 74.3 Å². The van der Waals surface area contributed by atoms with Crippen molar-refractivity contribution >= 4 is 23.5 Å². The lowest BCUT2D eigenvalue weighted by molar-refractivity contribution is 0.664. The van der Waals surface area contributed by atoms with Crippen LogP contribution in [0.4, 0.5) is 0 Å². The third kappa shape index (κ3) is 3.22.